The first-order chi connectivity index (χ1) is 9.04. The van der Waals surface area contributed by atoms with Crippen LogP contribution in [0.25, 0.3) is 10.8 Å². The average Bonchev–Trinajstić information content (AvgIpc) is 2.62. The number of rotatable bonds is 2. The van der Waals surface area contributed by atoms with E-state index in [4.69, 9.17) is 0 Å². The van der Waals surface area contributed by atoms with Crippen molar-refractivity contribution < 1.29 is 0 Å². The first-order valence-corrected chi connectivity index (χ1v) is 7.30. The monoisotopic (exact) mass is 253 g/mol. The van der Waals surface area contributed by atoms with Crippen LogP contribution in [0.5, 0.6) is 0 Å². The minimum Gasteiger partial charge on any atom is -0.310 e. The van der Waals surface area contributed by atoms with E-state index in [1.165, 1.54) is 28.3 Å². The zero-order valence-corrected chi connectivity index (χ0v) is 12.4. The van der Waals surface area contributed by atoms with Crippen LogP contribution >= 0.6 is 0 Å². The van der Waals surface area contributed by atoms with Gasteiger partial charge in [-0.3, -0.25) is 0 Å². The number of fused-ring (bicyclic) bond motifs is 3. The second-order valence-corrected chi connectivity index (χ2v) is 6.40. The molecule has 1 aliphatic rings. The highest BCUT2D eigenvalue weighted by Gasteiger charge is 2.37. The van der Waals surface area contributed by atoms with Crippen molar-refractivity contribution in [2.45, 2.75) is 45.6 Å². The molecule has 19 heavy (non-hydrogen) atoms. The Morgan fingerprint density at radius 1 is 1.21 bits per heavy atom. The van der Waals surface area contributed by atoms with Gasteiger partial charge in [0.15, 0.2) is 0 Å². The molecule has 0 saturated heterocycles. The highest BCUT2D eigenvalue weighted by molar-refractivity contribution is 5.91. The van der Waals surface area contributed by atoms with Crippen LogP contribution in [-0.4, -0.2) is 6.54 Å². The lowest BCUT2D eigenvalue weighted by molar-refractivity contribution is 0.435. The van der Waals surface area contributed by atoms with Gasteiger partial charge in [-0.1, -0.05) is 51.1 Å². The van der Waals surface area contributed by atoms with E-state index in [9.17, 15) is 0 Å². The summed E-state index contributed by atoms with van der Waals surface area (Å²) in [5.41, 5.74) is 4.73. The zero-order valence-electron chi connectivity index (χ0n) is 12.4. The molecule has 0 aromatic heterocycles. The molecule has 1 unspecified atom stereocenters. The summed E-state index contributed by atoms with van der Waals surface area (Å²) in [7, 11) is 0. The van der Waals surface area contributed by atoms with Crippen molar-refractivity contribution in [3.63, 3.8) is 0 Å². The molecule has 0 aliphatic heterocycles. The van der Waals surface area contributed by atoms with Crippen LogP contribution in [-0.2, 0) is 5.41 Å². The second kappa shape index (κ2) is 4.35. The van der Waals surface area contributed by atoms with E-state index in [0.29, 0.717) is 6.04 Å². The van der Waals surface area contributed by atoms with Crippen molar-refractivity contribution in [1.82, 2.24) is 5.32 Å². The molecule has 0 bridgehead atoms. The van der Waals surface area contributed by atoms with E-state index in [-0.39, 0.29) is 5.41 Å². The minimum absolute atomic E-state index is 0.259. The Morgan fingerprint density at radius 3 is 2.58 bits per heavy atom. The third-order valence-corrected chi connectivity index (χ3v) is 4.50. The van der Waals surface area contributed by atoms with Gasteiger partial charge in [0.1, 0.15) is 0 Å². The van der Waals surface area contributed by atoms with Gasteiger partial charge in [-0.25, -0.2) is 0 Å². The molecule has 1 nitrogen and oxygen atoms in total. The zero-order chi connectivity index (χ0) is 13.6. The fourth-order valence-electron chi connectivity index (χ4n) is 3.76. The van der Waals surface area contributed by atoms with Gasteiger partial charge in [0, 0.05) is 6.04 Å². The number of nitrogens with one attached hydrogen (secondary N) is 1. The lowest BCUT2D eigenvalue weighted by Gasteiger charge is -2.21. The summed E-state index contributed by atoms with van der Waals surface area (Å²) in [4.78, 5) is 0. The Bertz CT molecular complexity index is 625. The van der Waals surface area contributed by atoms with Gasteiger partial charge in [-0.2, -0.15) is 0 Å². The summed E-state index contributed by atoms with van der Waals surface area (Å²) >= 11 is 0. The fraction of sp³-hybridized carbons (Fsp3) is 0.444. The largest absolute Gasteiger partial charge is 0.310 e. The number of hydrogen-bond acceptors (Lipinski definition) is 1. The van der Waals surface area contributed by atoms with Gasteiger partial charge in [0.2, 0.25) is 0 Å². The molecule has 1 atom stereocenters. The predicted molar refractivity (Wildman–Crippen MR) is 82.7 cm³/mol. The molecule has 2 aromatic rings. The van der Waals surface area contributed by atoms with Crippen LogP contribution in [0.3, 0.4) is 0 Å². The van der Waals surface area contributed by atoms with Crippen LogP contribution in [0.1, 0.15) is 49.9 Å². The summed E-state index contributed by atoms with van der Waals surface area (Å²) < 4.78 is 0. The molecule has 1 N–H and O–H groups in total. The van der Waals surface area contributed by atoms with E-state index in [2.05, 4.69) is 63.3 Å². The second-order valence-electron chi connectivity index (χ2n) is 6.40. The molecule has 0 radical (unpaired) electrons. The van der Waals surface area contributed by atoms with E-state index in [1.807, 2.05) is 0 Å². The van der Waals surface area contributed by atoms with Crippen LogP contribution in [0.2, 0.25) is 0 Å². The van der Waals surface area contributed by atoms with Gasteiger partial charge in [-0.05, 0) is 52.8 Å². The first-order valence-electron chi connectivity index (χ1n) is 7.30. The van der Waals surface area contributed by atoms with Crippen LogP contribution in [0, 0.1) is 6.92 Å². The Morgan fingerprint density at radius 2 is 1.89 bits per heavy atom. The van der Waals surface area contributed by atoms with Gasteiger partial charge >= 0.3 is 0 Å². The third kappa shape index (κ3) is 1.88. The SMILES string of the molecule is CCNC1CC(C)(C)c2c1cc(C)c1ccccc21. The molecule has 0 fully saturated rings. The van der Waals surface area contributed by atoms with Crippen LogP contribution < -0.4 is 5.32 Å². The maximum atomic E-state index is 3.65. The molecular weight excluding hydrogens is 230 g/mol. The van der Waals surface area contributed by atoms with Gasteiger partial charge in [0.05, 0.1) is 0 Å². The topological polar surface area (TPSA) is 12.0 Å². The molecule has 1 aliphatic carbocycles. The number of aryl methyl sites for hydroxylation is 1. The molecule has 0 spiro atoms. The van der Waals surface area contributed by atoms with Crippen LogP contribution in [0.4, 0.5) is 0 Å². The van der Waals surface area contributed by atoms with Crippen molar-refractivity contribution in [3.05, 3.63) is 47.0 Å². The molecule has 1 heteroatoms. The lowest BCUT2D eigenvalue weighted by Crippen LogP contribution is -2.20. The summed E-state index contributed by atoms with van der Waals surface area (Å²) in [5, 5.41) is 6.50. The standard InChI is InChI=1S/C18H23N/c1-5-19-16-11-18(3,4)17-14-9-7-6-8-13(14)12(2)10-15(16)17/h6-10,16,19H,5,11H2,1-4H3. The summed E-state index contributed by atoms with van der Waals surface area (Å²) in [6.45, 7) is 10.2. The Labute approximate surface area is 116 Å². The van der Waals surface area contributed by atoms with E-state index in [1.54, 1.807) is 5.56 Å². The van der Waals surface area contributed by atoms with Crippen molar-refractivity contribution in [3.8, 4) is 0 Å². The van der Waals surface area contributed by atoms with Crippen molar-refractivity contribution in [2.24, 2.45) is 0 Å². The molecule has 2 aromatic carbocycles. The number of benzene rings is 2. The van der Waals surface area contributed by atoms with Crippen molar-refractivity contribution >= 4 is 10.8 Å². The van der Waals surface area contributed by atoms with Gasteiger partial charge < -0.3 is 5.32 Å². The normalized spacial score (nSPS) is 20.7. The smallest absolute Gasteiger partial charge is 0.0331 e. The van der Waals surface area contributed by atoms with Crippen LogP contribution in [0.15, 0.2) is 30.3 Å². The molecule has 3 rings (SSSR count). The summed E-state index contributed by atoms with van der Waals surface area (Å²) in [6, 6.07) is 11.8. The highest BCUT2D eigenvalue weighted by Crippen LogP contribution is 2.48. The number of hydrogen-bond donors (Lipinski definition) is 1. The molecular formula is C18H23N. The van der Waals surface area contributed by atoms with Gasteiger partial charge in [0.25, 0.3) is 0 Å². The molecule has 0 amide bonds. The summed E-state index contributed by atoms with van der Waals surface area (Å²) in [6.07, 6.45) is 1.20. The fourth-order valence-corrected chi connectivity index (χ4v) is 3.76. The Hall–Kier alpha value is -1.34. The van der Waals surface area contributed by atoms with Crippen molar-refractivity contribution in [1.29, 1.82) is 0 Å². The summed E-state index contributed by atoms with van der Waals surface area (Å²) in [5.74, 6) is 0. The Balaban J connectivity index is 2.32. The lowest BCUT2D eigenvalue weighted by atomic mass is 9.83. The van der Waals surface area contributed by atoms with E-state index < -0.39 is 0 Å². The molecule has 100 valence electrons. The predicted octanol–water partition coefficient (Wildman–Crippen LogP) is 4.48. The highest BCUT2D eigenvalue weighted by atomic mass is 14.9. The maximum Gasteiger partial charge on any atom is 0.0331 e. The molecule has 0 heterocycles. The van der Waals surface area contributed by atoms with E-state index >= 15 is 0 Å². The van der Waals surface area contributed by atoms with E-state index in [0.717, 1.165) is 6.54 Å². The average molecular weight is 253 g/mol. The minimum atomic E-state index is 0.259. The molecule has 0 saturated carbocycles. The Kier molecular flexibility index (Phi) is 2.90. The first kappa shape index (κ1) is 12.7. The maximum absolute atomic E-state index is 3.65. The van der Waals surface area contributed by atoms with Crippen molar-refractivity contribution in [2.75, 3.05) is 6.54 Å². The quantitative estimate of drug-likeness (QED) is 0.832. The van der Waals surface area contributed by atoms with Gasteiger partial charge in [-0.15, -0.1) is 0 Å². The third-order valence-electron chi connectivity index (χ3n) is 4.50.